The fourth-order valence-electron chi connectivity index (χ4n) is 5.41. The lowest BCUT2D eigenvalue weighted by Crippen LogP contribution is -2.49. The van der Waals surface area contributed by atoms with Crippen LogP contribution in [-0.2, 0) is 0 Å². The summed E-state index contributed by atoms with van der Waals surface area (Å²) >= 11 is 0. The third-order valence-corrected chi connectivity index (χ3v) is 6.00. The molecule has 5 atom stereocenters. The van der Waals surface area contributed by atoms with Crippen molar-refractivity contribution in [3.63, 3.8) is 0 Å². The average Bonchev–Trinajstić information content (AvgIpc) is 2.83. The van der Waals surface area contributed by atoms with Crippen LogP contribution in [0.4, 0.5) is 0 Å². The van der Waals surface area contributed by atoms with Crippen molar-refractivity contribution in [2.24, 2.45) is 28.9 Å². The molecular weight excluding hydrogens is 208 g/mol. The van der Waals surface area contributed by atoms with Crippen molar-refractivity contribution in [2.75, 3.05) is 20.6 Å². The lowest BCUT2D eigenvalue weighted by atomic mass is 9.59. The van der Waals surface area contributed by atoms with Gasteiger partial charge in [-0.1, -0.05) is 6.42 Å². The molecule has 1 spiro atoms. The van der Waals surface area contributed by atoms with Crippen molar-refractivity contribution in [1.29, 1.82) is 0 Å². The van der Waals surface area contributed by atoms with Crippen molar-refractivity contribution in [1.82, 2.24) is 4.90 Å². The molecule has 2 bridgehead atoms. The first kappa shape index (κ1) is 12.0. The Kier molecular flexibility index (Phi) is 2.99. The molecule has 0 aromatic carbocycles. The van der Waals surface area contributed by atoms with E-state index in [1.165, 1.54) is 51.5 Å². The molecule has 0 aliphatic heterocycles. The van der Waals surface area contributed by atoms with Crippen LogP contribution in [0, 0.1) is 23.2 Å². The molecule has 1 unspecified atom stereocenters. The van der Waals surface area contributed by atoms with Crippen molar-refractivity contribution in [2.45, 2.75) is 51.0 Å². The Balaban J connectivity index is 1.74. The quantitative estimate of drug-likeness (QED) is 0.798. The molecule has 3 saturated carbocycles. The second-order valence-corrected chi connectivity index (χ2v) is 7.25. The highest BCUT2D eigenvalue weighted by atomic mass is 15.1. The van der Waals surface area contributed by atoms with E-state index in [9.17, 15) is 0 Å². The summed E-state index contributed by atoms with van der Waals surface area (Å²) in [5.74, 6) is 2.76. The Labute approximate surface area is 106 Å². The summed E-state index contributed by atoms with van der Waals surface area (Å²) < 4.78 is 0. The monoisotopic (exact) mass is 236 g/mol. The van der Waals surface area contributed by atoms with E-state index in [0.29, 0.717) is 11.5 Å². The minimum absolute atomic E-state index is 0.534. The predicted octanol–water partition coefficient (Wildman–Crippen LogP) is 2.48. The van der Waals surface area contributed by atoms with E-state index in [1.807, 2.05) is 0 Å². The number of hydrogen-bond acceptors (Lipinski definition) is 2. The smallest absolute Gasteiger partial charge is 0.0127 e. The van der Waals surface area contributed by atoms with Gasteiger partial charge in [0, 0.05) is 12.6 Å². The lowest BCUT2D eigenvalue weighted by molar-refractivity contribution is 0.0407. The van der Waals surface area contributed by atoms with Gasteiger partial charge in [0.15, 0.2) is 0 Å². The molecule has 98 valence electrons. The van der Waals surface area contributed by atoms with Crippen LogP contribution in [0.2, 0.25) is 0 Å². The van der Waals surface area contributed by atoms with Gasteiger partial charge in [-0.2, -0.15) is 0 Å². The van der Waals surface area contributed by atoms with Crippen molar-refractivity contribution >= 4 is 0 Å². The second kappa shape index (κ2) is 4.24. The van der Waals surface area contributed by atoms with Gasteiger partial charge in [-0.25, -0.2) is 0 Å². The number of hydrogen-bond donors (Lipinski definition) is 1. The van der Waals surface area contributed by atoms with Crippen LogP contribution in [0.15, 0.2) is 0 Å². The summed E-state index contributed by atoms with van der Waals surface area (Å²) in [7, 11) is 4.42. The van der Waals surface area contributed by atoms with Crippen LogP contribution in [0.5, 0.6) is 0 Å². The molecule has 0 aromatic rings. The van der Waals surface area contributed by atoms with E-state index in [0.717, 1.165) is 17.8 Å². The van der Waals surface area contributed by atoms with Gasteiger partial charge in [-0.15, -0.1) is 0 Å². The standard InChI is InChI=1S/C15H28N2/c1-17(2)10-11-4-3-7-15(9-11)13-6-5-12(8-13)14(15)16/h11-14H,3-10,16H2,1-2H3/t11-,12?,13-,14+,15+/m0/s1. The van der Waals surface area contributed by atoms with Gasteiger partial charge in [-0.05, 0) is 75.8 Å². The van der Waals surface area contributed by atoms with E-state index >= 15 is 0 Å². The summed E-state index contributed by atoms with van der Waals surface area (Å²) in [6.45, 7) is 1.27. The van der Waals surface area contributed by atoms with E-state index in [4.69, 9.17) is 5.73 Å². The van der Waals surface area contributed by atoms with E-state index in [1.54, 1.807) is 0 Å². The second-order valence-electron chi connectivity index (χ2n) is 7.25. The summed E-state index contributed by atoms with van der Waals surface area (Å²) in [6.07, 6.45) is 10.1. The Hall–Kier alpha value is -0.0800. The van der Waals surface area contributed by atoms with Gasteiger partial charge in [0.2, 0.25) is 0 Å². The zero-order valence-corrected chi connectivity index (χ0v) is 11.5. The molecule has 3 fully saturated rings. The number of nitrogens with two attached hydrogens (primary N) is 1. The third kappa shape index (κ3) is 1.84. The maximum Gasteiger partial charge on any atom is 0.0127 e. The van der Waals surface area contributed by atoms with Crippen LogP contribution in [0.25, 0.3) is 0 Å². The fraction of sp³-hybridized carbons (Fsp3) is 1.00. The Bertz CT molecular complexity index is 285. The molecule has 3 aliphatic rings. The average molecular weight is 236 g/mol. The third-order valence-electron chi connectivity index (χ3n) is 6.00. The number of rotatable bonds is 2. The van der Waals surface area contributed by atoms with Crippen LogP contribution >= 0.6 is 0 Å². The molecule has 2 N–H and O–H groups in total. The van der Waals surface area contributed by atoms with Crippen LogP contribution in [-0.4, -0.2) is 31.6 Å². The van der Waals surface area contributed by atoms with Gasteiger partial charge in [0.1, 0.15) is 0 Å². The first-order chi connectivity index (χ1) is 8.12. The summed E-state index contributed by atoms with van der Waals surface area (Å²) in [6, 6.07) is 0.534. The maximum atomic E-state index is 6.61. The largest absolute Gasteiger partial charge is 0.327 e. The Morgan fingerprint density at radius 2 is 2.06 bits per heavy atom. The lowest BCUT2D eigenvalue weighted by Gasteiger charge is -2.48. The minimum atomic E-state index is 0.534. The Morgan fingerprint density at radius 1 is 1.24 bits per heavy atom. The van der Waals surface area contributed by atoms with Crippen LogP contribution < -0.4 is 5.73 Å². The molecule has 2 heteroatoms. The Morgan fingerprint density at radius 3 is 2.71 bits per heavy atom. The van der Waals surface area contributed by atoms with Crippen LogP contribution in [0.1, 0.15) is 44.9 Å². The molecule has 17 heavy (non-hydrogen) atoms. The molecule has 3 aliphatic carbocycles. The number of fused-ring (bicyclic) bond motifs is 3. The molecular formula is C15H28N2. The first-order valence-electron chi connectivity index (χ1n) is 7.52. The fourth-order valence-corrected chi connectivity index (χ4v) is 5.41. The van der Waals surface area contributed by atoms with E-state index in [2.05, 4.69) is 19.0 Å². The molecule has 3 rings (SSSR count). The van der Waals surface area contributed by atoms with Gasteiger partial charge >= 0.3 is 0 Å². The normalized spacial score (nSPS) is 49.4. The van der Waals surface area contributed by atoms with Crippen molar-refractivity contribution in [3.05, 3.63) is 0 Å². The van der Waals surface area contributed by atoms with Crippen molar-refractivity contribution < 1.29 is 0 Å². The first-order valence-corrected chi connectivity index (χ1v) is 7.52. The zero-order valence-electron chi connectivity index (χ0n) is 11.5. The maximum absolute atomic E-state index is 6.61. The highest BCUT2D eigenvalue weighted by molar-refractivity contribution is 5.10. The van der Waals surface area contributed by atoms with Crippen molar-refractivity contribution in [3.8, 4) is 0 Å². The van der Waals surface area contributed by atoms with E-state index < -0.39 is 0 Å². The van der Waals surface area contributed by atoms with E-state index in [-0.39, 0.29) is 0 Å². The molecule has 0 saturated heterocycles. The molecule has 2 nitrogen and oxygen atoms in total. The summed E-state index contributed by atoms with van der Waals surface area (Å²) in [5, 5.41) is 0. The van der Waals surface area contributed by atoms with Crippen LogP contribution in [0.3, 0.4) is 0 Å². The van der Waals surface area contributed by atoms with Gasteiger partial charge in [0.05, 0.1) is 0 Å². The topological polar surface area (TPSA) is 29.3 Å². The minimum Gasteiger partial charge on any atom is -0.327 e. The van der Waals surface area contributed by atoms with Gasteiger partial charge in [0.25, 0.3) is 0 Å². The van der Waals surface area contributed by atoms with Gasteiger partial charge < -0.3 is 10.6 Å². The molecule has 0 aromatic heterocycles. The molecule has 0 amide bonds. The SMILES string of the molecule is CN(C)C[C@H]1CCC[C@@]2(C1)[C@H]1CCC(C1)[C@H]2N. The zero-order chi connectivity index (χ0) is 12.0. The summed E-state index contributed by atoms with van der Waals surface area (Å²) in [4.78, 5) is 2.36. The molecule has 0 heterocycles. The summed E-state index contributed by atoms with van der Waals surface area (Å²) in [5.41, 5.74) is 7.17. The predicted molar refractivity (Wildman–Crippen MR) is 71.8 cm³/mol. The number of nitrogens with zero attached hydrogens (tertiary/aromatic N) is 1. The highest BCUT2D eigenvalue weighted by Crippen LogP contribution is 2.61. The highest BCUT2D eigenvalue weighted by Gasteiger charge is 2.57. The molecule has 0 radical (unpaired) electrons. The van der Waals surface area contributed by atoms with Gasteiger partial charge in [-0.3, -0.25) is 0 Å².